The van der Waals surface area contributed by atoms with E-state index in [0.29, 0.717) is 0 Å². The van der Waals surface area contributed by atoms with Crippen LogP contribution in [0.4, 0.5) is 0 Å². The van der Waals surface area contributed by atoms with Gasteiger partial charge in [0.15, 0.2) is 11.1 Å². The summed E-state index contributed by atoms with van der Waals surface area (Å²) in [6.07, 6.45) is 1.59. The minimum atomic E-state index is -1.10. The molecule has 80 valence electrons. The first-order valence-electron chi connectivity index (χ1n) is 4.28. The third-order valence-electron chi connectivity index (χ3n) is 1.14. The second-order valence-electron chi connectivity index (χ2n) is 3.31. The summed E-state index contributed by atoms with van der Waals surface area (Å²) in [5, 5.41) is 0. The van der Waals surface area contributed by atoms with Crippen LogP contribution in [-0.2, 0) is 20.1 Å². The summed E-state index contributed by atoms with van der Waals surface area (Å²) in [5.41, 5.74) is 0. The number of Topliss-reactive ketones (excluding diaryl/α,β-unsaturated/α-hetero) is 1. The van der Waals surface area contributed by atoms with Gasteiger partial charge in [-0.25, -0.2) is 4.21 Å². The van der Waals surface area contributed by atoms with Crippen molar-refractivity contribution in [2.75, 3.05) is 6.26 Å². The summed E-state index contributed by atoms with van der Waals surface area (Å²) in [7, 11) is 0. The van der Waals surface area contributed by atoms with Crippen molar-refractivity contribution in [2.45, 2.75) is 40.7 Å². The standard InChI is InChI=1S/C5H10O.C4H10O2S/c1-4(2)5(3)6;1-4(2)6-7(3)5/h4H,1-3H3;4H,1-3H3. The molecule has 1 unspecified atom stereocenters. The molecule has 0 aliphatic heterocycles. The van der Waals surface area contributed by atoms with Gasteiger partial charge in [-0.15, -0.1) is 0 Å². The lowest BCUT2D eigenvalue weighted by atomic mass is 10.1. The topological polar surface area (TPSA) is 43.4 Å². The van der Waals surface area contributed by atoms with Crippen molar-refractivity contribution in [1.29, 1.82) is 0 Å². The average Bonchev–Trinajstić information content (AvgIpc) is 1.84. The Morgan fingerprint density at radius 1 is 1.23 bits per heavy atom. The van der Waals surface area contributed by atoms with Crippen LogP contribution in [0.25, 0.3) is 0 Å². The lowest BCUT2D eigenvalue weighted by Crippen LogP contribution is -2.03. The Bertz CT molecular complexity index is 164. The number of hydrogen-bond acceptors (Lipinski definition) is 3. The Labute approximate surface area is 83.5 Å². The van der Waals surface area contributed by atoms with E-state index in [1.807, 2.05) is 27.7 Å². The fourth-order valence-corrected chi connectivity index (χ4v) is 0.813. The molecule has 0 bridgehead atoms. The smallest absolute Gasteiger partial charge is 0.152 e. The number of hydrogen-bond donors (Lipinski definition) is 0. The van der Waals surface area contributed by atoms with Crippen LogP contribution in [0, 0.1) is 5.92 Å². The maximum Gasteiger partial charge on any atom is 0.152 e. The Hall–Kier alpha value is -0.220. The minimum absolute atomic E-state index is 0.0748. The van der Waals surface area contributed by atoms with Crippen LogP contribution in [0.5, 0.6) is 0 Å². The molecular weight excluding hydrogens is 188 g/mol. The summed E-state index contributed by atoms with van der Waals surface area (Å²) >= 11 is -1.10. The molecule has 0 aromatic rings. The second-order valence-corrected chi connectivity index (χ2v) is 4.31. The molecule has 0 aliphatic carbocycles. The molecule has 0 amide bonds. The van der Waals surface area contributed by atoms with Gasteiger partial charge in [-0.05, 0) is 20.8 Å². The maximum absolute atomic E-state index is 10.1. The molecule has 0 N–H and O–H groups in total. The van der Waals surface area contributed by atoms with E-state index in [1.165, 1.54) is 6.26 Å². The third kappa shape index (κ3) is 18.6. The predicted molar refractivity (Wildman–Crippen MR) is 55.8 cm³/mol. The van der Waals surface area contributed by atoms with Crippen molar-refractivity contribution in [1.82, 2.24) is 0 Å². The summed E-state index contributed by atoms with van der Waals surface area (Å²) < 4.78 is 14.9. The van der Waals surface area contributed by atoms with Crippen LogP contribution in [-0.4, -0.2) is 22.4 Å². The highest BCUT2D eigenvalue weighted by molar-refractivity contribution is 7.79. The molecule has 0 saturated carbocycles. The third-order valence-corrected chi connectivity index (χ3v) is 1.80. The van der Waals surface area contributed by atoms with Crippen molar-refractivity contribution in [3.63, 3.8) is 0 Å². The minimum Gasteiger partial charge on any atom is -0.300 e. The van der Waals surface area contributed by atoms with Gasteiger partial charge in [0.05, 0.1) is 6.10 Å². The maximum atomic E-state index is 10.1. The van der Waals surface area contributed by atoms with Crippen LogP contribution >= 0.6 is 0 Å². The predicted octanol–water partition coefficient (Wildman–Crippen LogP) is 1.94. The molecule has 0 radical (unpaired) electrons. The molecule has 0 saturated heterocycles. The molecule has 0 spiro atoms. The van der Waals surface area contributed by atoms with Crippen LogP contribution in [0.1, 0.15) is 34.6 Å². The highest BCUT2D eigenvalue weighted by atomic mass is 32.2. The van der Waals surface area contributed by atoms with Gasteiger partial charge < -0.3 is 0 Å². The lowest BCUT2D eigenvalue weighted by Gasteiger charge is -1.99. The van der Waals surface area contributed by atoms with E-state index in [2.05, 4.69) is 0 Å². The molecule has 13 heavy (non-hydrogen) atoms. The Morgan fingerprint density at radius 2 is 1.54 bits per heavy atom. The summed E-state index contributed by atoms with van der Waals surface area (Å²) in [4.78, 5) is 10.1. The normalized spacial score (nSPS) is 12.3. The molecule has 3 nitrogen and oxygen atoms in total. The van der Waals surface area contributed by atoms with Gasteiger partial charge in [0.25, 0.3) is 0 Å². The zero-order valence-corrected chi connectivity index (χ0v) is 10.1. The molecule has 0 aromatic heterocycles. The first kappa shape index (κ1) is 15.3. The monoisotopic (exact) mass is 208 g/mol. The van der Waals surface area contributed by atoms with E-state index in [0.717, 1.165) is 0 Å². The number of ketones is 1. The van der Waals surface area contributed by atoms with Gasteiger partial charge >= 0.3 is 0 Å². The number of rotatable bonds is 3. The van der Waals surface area contributed by atoms with E-state index >= 15 is 0 Å². The highest BCUT2D eigenvalue weighted by Gasteiger charge is 1.95. The van der Waals surface area contributed by atoms with Gasteiger partial charge in [-0.2, -0.15) is 0 Å². The van der Waals surface area contributed by atoms with Crippen LogP contribution in [0.2, 0.25) is 0 Å². The second kappa shape index (κ2) is 8.38. The Kier molecular flexibility index (Phi) is 9.84. The van der Waals surface area contributed by atoms with Crippen LogP contribution in [0.3, 0.4) is 0 Å². The number of carbonyl (C=O) groups is 1. The highest BCUT2D eigenvalue weighted by Crippen LogP contribution is 1.89. The Morgan fingerprint density at radius 3 is 1.54 bits per heavy atom. The van der Waals surface area contributed by atoms with Gasteiger partial charge in [0.1, 0.15) is 5.78 Å². The van der Waals surface area contributed by atoms with E-state index < -0.39 is 11.1 Å². The van der Waals surface area contributed by atoms with E-state index in [-0.39, 0.29) is 17.8 Å². The first-order valence-corrected chi connectivity index (χ1v) is 5.76. The molecular formula is C9H20O3S. The van der Waals surface area contributed by atoms with Crippen molar-refractivity contribution < 1.29 is 13.2 Å². The van der Waals surface area contributed by atoms with Crippen molar-refractivity contribution in [3.8, 4) is 0 Å². The molecule has 4 heteroatoms. The van der Waals surface area contributed by atoms with Crippen LogP contribution < -0.4 is 0 Å². The quantitative estimate of drug-likeness (QED) is 0.712. The van der Waals surface area contributed by atoms with Gasteiger partial charge in [0, 0.05) is 12.2 Å². The van der Waals surface area contributed by atoms with Gasteiger partial charge in [-0.3, -0.25) is 8.98 Å². The van der Waals surface area contributed by atoms with E-state index in [1.54, 1.807) is 6.92 Å². The molecule has 0 aliphatic rings. The fourth-order valence-electron chi connectivity index (χ4n) is 0.271. The van der Waals surface area contributed by atoms with E-state index in [4.69, 9.17) is 4.18 Å². The van der Waals surface area contributed by atoms with Crippen LogP contribution in [0.15, 0.2) is 0 Å². The molecule has 0 heterocycles. The Balaban J connectivity index is 0. The summed E-state index contributed by atoms with van der Waals surface area (Å²) in [6, 6.07) is 0. The SMILES string of the molecule is CC(=O)C(C)C.CC(C)OS(C)=O. The lowest BCUT2D eigenvalue weighted by molar-refractivity contribution is -0.119. The molecule has 0 rings (SSSR count). The average molecular weight is 208 g/mol. The van der Waals surface area contributed by atoms with E-state index in [9.17, 15) is 9.00 Å². The summed E-state index contributed by atoms with van der Waals surface area (Å²) in [6.45, 7) is 9.08. The van der Waals surface area contributed by atoms with Gasteiger partial charge in [-0.1, -0.05) is 13.8 Å². The number of carbonyl (C=O) groups excluding carboxylic acids is 1. The molecule has 0 aromatic carbocycles. The zero-order chi connectivity index (χ0) is 11.0. The van der Waals surface area contributed by atoms with Crippen molar-refractivity contribution in [2.24, 2.45) is 5.92 Å². The van der Waals surface area contributed by atoms with Gasteiger partial charge in [0.2, 0.25) is 0 Å². The molecule has 1 atom stereocenters. The first-order chi connectivity index (χ1) is 5.77. The fraction of sp³-hybridized carbons (Fsp3) is 0.889. The largest absolute Gasteiger partial charge is 0.300 e. The van der Waals surface area contributed by atoms with Crippen molar-refractivity contribution >= 4 is 16.9 Å². The molecule has 0 fully saturated rings. The summed E-state index contributed by atoms with van der Waals surface area (Å²) in [5.74, 6) is 0.472. The van der Waals surface area contributed by atoms with Crippen molar-refractivity contribution in [3.05, 3.63) is 0 Å². The zero-order valence-electron chi connectivity index (χ0n) is 9.29.